The maximum atomic E-state index is 2.50. The van der Waals surface area contributed by atoms with Crippen LogP contribution in [0.4, 0.5) is 0 Å². The second kappa shape index (κ2) is 3.69. The lowest BCUT2D eigenvalue weighted by molar-refractivity contribution is -0.771. The second-order valence-corrected chi connectivity index (χ2v) is 5.19. The van der Waals surface area contributed by atoms with Gasteiger partial charge >= 0.3 is 0 Å². The van der Waals surface area contributed by atoms with Crippen molar-refractivity contribution in [3.8, 4) is 0 Å². The quantitative estimate of drug-likeness (QED) is 0.444. The maximum absolute atomic E-state index is 2.50. The molecule has 0 aromatic carbocycles. The first-order valence-electron chi connectivity index (χ1n) is 6.27. The van der Waals surface area contributed by atoms with Gasteiger partial charge in [-0.15, -0.1) is 0 Å². The number of nitrogens with zero attached hydrogens (tertiary/aromatic N) is 1. The molecule has 0 aliphatic carbocycles. The number of fused-ring (bicyclic) bond motifs is 1. The number of hydrogen-bond acceptors (Lipinski definition) is 0. The lowest BCUT2D eigenvalue weighted by Gasteiger charge is -2.16. The fraction of sp³-hybridized carbons (Fsp3) is 0.846. The number of quaternary nitrogens is 1. The van der Waals surface area contributed by atoms with Crippen molar-refractivity contribution in [2.24, 2.45) is 5.92 Å². The summed E-state index contributed by atoms with van der Waals surface area (Å²) in [7, 11) is 0. The summed E-state index contributed by atoms with van der Waals surface area (Å²) in [6.07, 6.45) is 10.5. The predicted octanol–water partition coefficient (Wildman–Crippen LogP) is 3.32. The predicted molar refractivity (Wildman–Crippen MR) is 60.8 cm³/mol. The van der Waals surface area contributed by atoms with E-state index in [-0.39, 0.29) is 0 Å². The lowest BCUT2D eigenvalue weighted by atomic mass is 9.98. The molecule has 1 nitrogen and oxygen atoms in total. The summed E-state index contributed by atoms with van der Waals surface area (Å²) < 4.78 is 1.28. The monoisotopic (exact) mass is 194 g/mol. The minimum Gasteiger partial charge on any atom is -0.283 e. The van der Waals surface area contributed by atoms with Crippen molar-refractivity contribution >= 4 is 0 Å². The van der Waals surface area contributed by atoms with E-state index in [1.54, 1.807) is 0 Å². The minimum atomic E-state index is 0.879. The molecule has 0 spiro atoms. The molecule has 2 aliphatic rings. The molecule has 0 aromatic heterocycles. The van der Waals surface area contributed by atoms with Crippen LogP contribution >= 0.6 is 0 Å². The van der Waals surface area contributed by atoms with Crippen LogP contribution in [-0.2, 0) is 0 Å². The third kappa shape index (κ3) is 1.42. The van der Waals surface area contributed by atoms with Crippen LogP contribution in [0.5, 0.6) is 0 Å². The minimum absolute atomic E-state index is 0.879. The fourth-order valence-electron chi connectivity index (χ4n) is 3.57. The van der Waals surface area contributed by atoms with Crippen LogP contribution in [0.1, 0.15) is 46.5 Å². The van der Waals surface area contributed by atoms with Gasteiger partial charge in [0.05, 0.1) is 12.7 Å². The highest BCUT2D eigenvalue weighted by Crippen LogP contribution is 2.46. The summed E-state index contributed by atoms with van der Waals surface area (Å²) in [5.41, 5.74) is 0. The van der Waals surface area contributed by atoms with Crippen molar-refractivity contribution in [1.29, 1.82) is 0 Å². The van der Waals surface area contributed by atoms with Crippen LogP contribution in [-0.4, -0.2) is 23.1 Å². The van der Waals surface area contributed by atoms with Crippen molar-refractivity contribution < 1.29 is 4.48 Å². The number of hydrogen-bond donors (Lipinski definition) is 0. The molecule has 2 aliphatic heterocycles. The zero-order chi connectivity index (χ0) is 10.2. The van der Waals surface area contributed by atoms with E-state index < -0.39 is 0 Å². The Bertz CT molecular complexity index is 233. The summed E-state index contributed by atoms with van der Waals surface area (Å²) in [5.74, 6) is 0.924. The number of likely N-dealkylation sites (N-methyl/N-ethyl adjacent to an activating group) is 1. The van der Waals surface area contributed by atoms with Gasteiger partial charge in [0.1, 0.15) is 12.1 Å². The fourth-order valence-corrected chi connectivity index (χ4v) is 3.57. The first-order chi connectivity index (χ1) is 6.72. The summed E-state index contributed by atoms with van der Waals surface area (Å²) in [4.78, 5) is 0. The van der Waals surface area contributed by atoms with Gasteiger partial charge in [-0.2, -0.15) is 0 Å². The molecule has 0 N–H and O–H groups in total. The first-order valence-corrected chi connectivity index (χ1v) is 6.27. The Morgan fingerprint density at radius 1 is 1.29 bits per heavy atom. The van der Waals surface area contributed by atoms with E-state index in [1.807, 2.05) is 0 Å². The highest BCUT2D eigenvalue weighted by Gasteiger charge is 2.63. The van der Waals surface area contributed by atoms with E-state index >= 15 is 0 Å². The van der Waals surface area contributed by atoms with Crippen molar-refractivity contribution in [3.63, 3.8) is 0 Å². The van der Waals surface area contributed by atoms with E-state index in [0.29, 0.717) is 0 Å². The third-order valence-electron chi connectivity index (χ3n) is 4.51. The SMILES string of the molecule is CC[N+]12C=CCCCCC(C)C1C2C. The van der Waals surface area contributed by atoms with Gasteiger partial charge in [-0.05, 0) is 39.2 Å². The summed E-state index contributed by atoms with van der Waals surface area (Å²) >= 11 is 0. The Hall–Kier alpha value is -0.300. The Kier molecular flexibility index (Phi) is 2.70. The van der Waals surface area contributed by atoms with Crippen molar-refractivity contribution in [1.82, 2.24) is 0 Å². The molecule has 4 atom stereocenters. The molecule has 4 unspecified atom stereocenters. The van der Waals surface area contributed by atoms with Crippen molar-refractivity contribution in [2.45, 2.75) is 58.5 Å². The zero-order valence-corrected chi connectivity index (χ0v) is 9.87. The average molecular weight is 194 g/mol. The zero-order valence-electron chi connectivity index (χ0n) is 9.87. The summed E-state index contributed by atoms with van der Waals surface area (Å²) in [6, 6.07) is 1.80. The van der Waals surface area contributed by atoms with Crippen LogP contribution in [0, 0.1) is 5.92 Å². The van der Waals surface area contributed by atoms with Crippen molar-refractivity contribution in [2.75, 3.05) is 6.54 Å². The van der Waals surface area contributed by atoms with E-state index in [0.717, 1.165) is 18.0 Å². The number of rotatable bonds is 1. The molecule has 0 bridgehead atoms. The van der Waals surface area contributed by atoms with E-state index in [9.17, 15) is 0 Å². The Balaban J connectivity index is 2.16. The van der Waals surface area contributed by atoms with E-state index in [2.05, 4.69) is 33.0 Å². The molecule has 1 fully saturated rings. The van der Waals surface area contributed by atoms with Crippen LogP contribution in [0.25, 0.3) is 0 Å². The molecule has 0 aromatic rings. The Labute approximate surface area is 88.4 Å². The van der Waals surface area contributed by atoms with Gasteiger partial charge in [0.2, 0.25) is 0 Å². The maximum Gasteiger partial charge on any atom is 0.149 e. The average Bonchev–Trinajstić information content (AvgIpc) is 2.74. The molecule has 0 saturated carbocycles. The largest absolute Gasteiger partial charge is 0.283 e. The Morgan fingerprint density at radius 2 is 2.07 bits per heavy atom. The normalized spacial score (nSPS) is 47.5. The van der Waals surface area contributed by atoms with Crippen LogP contribution in [0.3, 0.4) is 0 Å². The topological polar surface area (TPSA) is 0 Å². The number of allylic oxidation sites excluding steroid dienone is 1. The smallest absolute Gasteiger partial charge is 0.149 e. The molecule has 2 rings (SSSR count). The summed E-state index contributed by atoms with van der Waals surface area (Å²) in [5, 5.41) is 0. The van der Waals surface area contributed by atoms with E-state index in [1.165, 1.54) is 36.7 Å². The van der Waals surface area contributed by atoms with Gasteiger partial charge < -0.3 is 0 Å². The molecular weight excluding hydrogens is 170 g/mol. The van der Waals surface area contributed by atoms with Crippen molar-refractivity contribution in [3.05, 3.63) is 12.3 Å². The third-order valence-corrected chi connectivity index (χ3v) is 4.51. The highest BCUT2D eigenvalue weighted by atomic mass is 15.5. The lowest BCUT2D eigenvalue weighted by Crippen LogP contribution is -2.25. The standard InChI is InChI=1S/C13H24N/c1-4-14-10-8-6-5-7-9-11(2)13(14)12(14)3/h8,10-13H,4-7,9H2,1-3H3/q+1. The first kappa shape index (κ1) is 10.2. The molecular formula is C13H24N+. The van der Waals surface area contributed by atoms with Gasteiger partial charge in [-0.25, -0.2) is 0 Å². The van der Waals surface area contributed by atoms with Gasteiger partial charge in [0.25, 0.3) is 0 Å². The molecule has 1 heteroatoms. The Morgan fingerprint density at radius 3 is 2.79 bits per heavy atom. The van der Waals surface area contributed by atoms with Crippen LogP contribution in [0.15, 0.2) is 12.3 Å². The molecule has 80 valence electrons. The molecule has 2 heterocycles. The highest BCUT2D eigenvalue weighted by molar-refractivity contribution is 4.95. The molecule has 0 amide bonds. The molecule has 14 heavy (non-hydrogen) atoms. The second-order valence-electron chi connectivity index (χ2n) is 5.19. The summed E-state index contributed by atoms with van der Waals surface area (Å²) in [6.45, 7) is 8.50. The van der Waals surface area contributed by atoms with Crippen LogP contribution < -0.4 is 0 Å². The van der Waals surface area contributed by atoms with Gasteiger partial charge in [-0.1, -0.05) is 13.3 Å². The molecule has 1 saturated heterocycles. The molecule has 0 radical (unpaired) electrons. The van der Waals surface area contributed by atoms with Gasteiger partial charge in [-0.3, -0.25) is 4.48 Å². The van der Waals surface area contributed by atoms with Gasteiger partial charge in [0, 0.05) is 5.92 Å². The van der Waals surface area contributed by atoms with Crippen LogP contribution in [0.2, 0.25) is 0 Å². The van der Waals surface area contributed by atoms with E-state index in [4.69, 9.17) is 0 Å². The van der Waals surface area contributed by atoms with Gasteiger partial charge in [0.15, 0.2) is 0 Å².